The van der Waals surface area contributed by atoms with Gasteiger partial charge in [0.1, 0.15) is 23.0 Å². The summed E-state index contributed by atoms with van der Waals surface area (Å²) in [5, 5.41) is 6.79. The average Bonchev–Trinajstić information content (AvgIpc) is 3.18. The van der Waals surface area contributed by atoms with Gasteiger partial charge in [-0.05, 0) is 107 Å². The van der Waals surface area contributed by atoms with Crippen molar-refractivity contribution in [3.8, 4) is 5.75 Å². The van der Waals surface area contributed by atoms with Crippen LogP contribution in [0.1, 0.15) is 67.9 Å². The van der Waals surface area contributed by atoms with Gasteiger partial charge < -0.3 is 14.2 Å². The molecule has 0 aliphatic carbocycles. The van der Waals surface area contributed by atoms with E-state index in [0.29, 0.717) is 10.9 Å². The first-order valence-electron chi connectivity index (χ1n) is 11.9. The van der Waals surface area contributed by atoms with E-state index in [1.807, 2.05) is 58.4 Å². The van der Waals surface area contributed by atoms with E-state index in [2.05, 4.69) is 26.2 Å². The van der Waals surface area contributed by atoms with Gasteiger partial charge in [-0.3, -0.25) is 10.2 Å². The number of nitrogens with one attached hydrogen (secondary N) is 1. The Hall–Kier alpha value is -2.04. The van der Waals surface area contributed by atoms with Gasteiger partial charge in [-0.15, -0.1) is 0 Å². The van der Waals surface area contributed by atoms with Crippen molar-refractivity contribution in [2.75, 3.05) is 11.9 Å². The molecule has 0 radical (unpaired) electrons. The van der Waals surface area contributed by atoms with Gasteiger partial charge in [-0.25, -0.2) is 14.6 Å². The minimum Gasteiger partial charge on any atom is -0.487 e. The Labute approximate surface area is 237 Å². The monoisotopic (exact) mass is 617 g/mol. The van der Waals surface area contributed by atoms with Crippen molar-refractivity contribution in [2.24, 2.45) is 0 Å². The van der Waals surface area contributed by atoms with E-state index in [0.717, 1.165) is 5.56 Å². The highest BCUT2D eigenvalue weighted by Gasteiger charge is 2.37. The number of rotatable bonds is 7. The summed E-state index contributed by atoms with van der Waals surface area (Å²) in [6.07, 6.45) is -0.591. The predicted octanol–water partition coefficient (Wildman–Crippen LogP) is 7.93. The number of aromatic nitrogens is 1. The van der Waals surface area contributed by atoms with E-state index in [1.54, 1.807) is 43.1 Å². The molecule has 206 valence electrons. The number of anilines is 1. The highest BCUT2D eigenvalue weighted by molar-refractivity contribution is 9.10. The maximum Gasteiger partial charge on any atom is 0.413 e. The molecule has 2 heterocycles. The molecule has 8 nitrogen and oxygen atoms in total. The molecule has 0 saturated heterocycles. The van der Waals surface area contributed by atoms with E-state index in [9.17, 15) is 9.59 Å². The van der Waals surface area contributed by atoms with Gasteiger partial charge >= 0.3 is 12.2 Å². The van der Waals surface area contributed by atoms with Gasteiger partial charge in [0.2, 0.25) is 0 Å². The summed E-state index contributed by atoms with van der Waals surface area (Å²) in [5.41, 5.74) is -0.859. The summed E-state index contributed by atoms with van der Waals surface area (Å²) in [7, 11) is 0. The number of thiophene rings is 1. The zero-order chi connectivity index (χ0) is 28.2. The van der Waals surface area contributed by atoms with Crippen LogP contribution < -0.4 is 10.1 Å². The lowest BCUT2D eigenvalue weighted by atomic mass is 10.00. The molecular formula is C26H37BrClN3O5S. The SMILES string of the molecule is CC(C)(C)OC(=O)Nc1nc(Cl)c(Br)cc1OC[C@H](Cc1ccsc1)N(C(=O)OC(C)(C)C)C(C)(C)C. The fourth-order valence-electron chi connectivity index (χ4n) is 3.42. The molecule has 0 bridgehead atoms. The summed E-state index contributed by atoms with van der Waals surface area (Å²) in [6, 6.07) is 3.25. The summed E-state index contributed by atoms with van der Waals surface area (Å²) in [4.78, 5) is 31.8. The number of carbonyl (C=O) groups excluding carboxylic acids is 2. The Morgan fingerprint density at radius 1 is 1.11 bits per heavy atom. The fraction of sp³-hybridized carbons (Fsp3) is 0.577. The molecule has 37 heavy (non-hydrogen) atoms. The topological polar surface area (TPSA) is 90.0 Å². The molecule has 0 aromatic carbocycles. The largest absolute Gasteiger partial charge is 0.487 e. The van der Waals surface area contributed by atoms with Crippen molar-refractivity contribution in [1.29, 1.82) is 0 Å². The number of carbonyl (C=O) groups is 2. The Bertz CT molecular complexity index is 1080. The molecule has 2 amide bonds. The van der Waals surface area contributed by atoms with Crippen LogP contribution in [0.15, 0.2) is 27.4 Å². The van der Waals surface area contributed by atoms with Crippen LogP contribution >= 0.6 is 38.9 Å². The van der Waals surface area contributed by atoms with E-state index in [4.69, 9.17) is 25.8 Å². The van der Waals surface area contributed by atoms with Crippen molar-refractivity contribution in [2.45, 2.75) is 91.5 Å². The van der Waals surface area contributed by atoms with Crippen molar-refractivity contribution in [1.82, 2.24) is 9.88 Å². The maximum absolute atomic E-state index is 13.4. The quantitative estimate of drug-likeness (QED) is 0.317. The third-order valence-electron chi connectivity index (χ3n) is 4.68. The third kappa shape index (κ3) is 10.3. The normalized spacial score (nSPS) is 13.1. The number of hydrogen-bond acceptors (Lipinski definition) is 7. The van der Waals surface area contributed by atoms with Crippen molar-refractivity contribution in [3.63, 3.8) is 0 Å². The van der Waals surface area contributed by atoms with E-state index in [1.165, 1.54) is 0 Å². The first kappa shape index (κ1) is 31.2. The zero-order valence-corrected chi connectivity index (χ0v) is 26.1. The van der Waals surface area contributed by atoms with Gasteiger partial charge in [0.25, 0.3) is 0 Å². The number of nitrogens with zero attached hydrogens (tertiary/aromatic N) is 2. The van der Waals surface area contributed by atoms with E-state index < -0.39 is 35.0 Å². The minimum atomic E-state index is -0.698. The molecule has 0 spiro atoms. The zero-order valence-electron chi connectivity index (χ0n) is 22.9. The van der Waals surface area contributed by atoms with E-state index >= 15 is 0 Å². The molecule has 2 rings (SSSR count). The molecule has 2 aromatic heterocycles. The Morgan fingerprint density at radius 2 is 1.73 bits per heavy atom. The Kier molecular flexibility index (Phi) is 10.3. The predicted molar refractivity (Wildman–Crippen MR) is 152 cm³/mol. The Morgan fingerprint density at radius 3 is 2.24 bits per heavy atom. The molecule has 0 fully saturated rings. The maximum atomic E-state index is 13.4. The molecule has 0 aliphatic heterocycles. The van der Waals surface area contributed by atoms with Gasteiger partial charge in [0.15, 0.2) is 11.6 Å². The second-order valence-electron chi connectivity index (χ2n) is 11.6. The van der Waals surface area contributed by atoms with Gasteiger partial charge in [0.05, 0.1) is 10.5 Å². The summed E-state index contributed by atoms with van der Waals surface area (Å²) in [5.74, 6) is 0.381. The second-order valence-corrected chi connectivity index (χ2v) is 13.5. The summed E-state index contributed by atoms with van der Waals surface area (Å²) >= 11 is 11.1. The number of pyridine rings is 1. The van der Waals surface area contributed by atoms with Crippen LogP contribution in [0.5, 0.6) is 5.75 Å². The smallest absolute Gasteiger partial charge is 0.413 e. The second kappa shape index (κ2) is 12.2. The number of ether oxygens (including phenoxy) is 3. The van der Waals surface area contributed by atoms with E-state index in [-0.39, 0.29) is 23.3 Å². The number of hydrogen-bond donors (Lipinski definition) is 1. The lowest BCUT2D eigenvalue weighted by Gasteiger charge is -2.42. The first-order chi connectivity index (χ1) is 16.9. The minimum absolute atomic E-state index is 0.102. The Balaban J connectivity index is 2.40. The van der Waals surface area contributed by atoms with Gasteiger partial charge in [0, 0.05) is 11.6 Å². The summed E-state index contributed by atoms with van der Waals surface area (Å²) < 4.78 is 17.8. The number of halogens is 2. The highest BCUT2D eigenvalue weighted by Crippen LogP contribution is 2.33. The fourth-order valence-corrected chi connectivity index (χ4v) is 4.54. The van der Waals surface area contributed by atoms with Crippen molar-refractivity contribution >= 4 is 56.9 Å². The molecule has 0 saturated carbocycles. The molecule has 2 aromatic rings. The molecule has 1 N–H and O–H groups in total. The summed E-state index contributed by atoms with van der Waals surface area (Å²) in [6.45, 7) is 16.8. The van der Waals surface area contributed by atoms with Crippen LogP contribution in [0.4, 0.5) is 15.4 Å². The van der Waals surface area contributed by atoms with Gasteiger partial charge in [-0.2, -0.15) is 11.3 Å². The number of amides is 2. The molecule has 0 unspecified atom stereocenters. The van der Waals surface area contributed by atoms with Crippen LogP contribution in [0.2, 0.25) is 5.15 Å². The third-order valence-corrected chi connectivity index (χ3v) is 6.53. The molecule has 11 heteroatoms. The van der Waals surface area contributed by atoms with Crippen LogP contribution in [-0.4, -0.2) is 51.5 Å². The standard InChI is InChI=1S/C26H37BrClN3O5S/c1-24(2,3)31(23(33)36-26(7,8)9)17(12-16-10-11-37-15-16)14-34-19-13-18(27)20(28)29-21(19)30-22(32)35-25(4,5)6/h10-11,13,15,17H,12,14H2,1-9H3,(H,29,30,32)/t17-/m0/s1. The van der Waals surface area contributed by atoms with Crippen molar-refractivity contribution in [3.05, 3.63) is 38.1 Å². The average molecular weight is 619 g/mol. The van der Waals surface area contributed by atoms with Gasteiger partial charge in [-0.1, -0.05) is 11.6 Å². The van der Waals surface area contributed by atoms with Crippen LogP contribution in [-0.2, 0) is 15.9 Å². The molecule has 1 atom stereocenters. The first-order valence-corrected chi connectivity index (χ1v) is 14.0. The lowest BCUT2D eigenvalue weighted by molar-refractivity contribution is -0.0143. The molecule has 0 aliphatic rings. The highest BCUT2D eigenvalue weighted by atomic mass is 79.9. The van der Waals surface area contributed by atoms with Crippen LogP contribution in [0.3, 0.4) is 0 Å². The van der Waals surface area contributed by atoms with Crippen molar-refractivity contribution < 1.29 is 23.8 Å². The van der Waals surface area contributed by atoms with Crippen LogP contribution in [0, 0.1) is 0 Å². The lowest BCUT2D eigenvalue weighted by Crippen LogP contribution is -2.55. The molecular weight excluding hydrogens is 582 g/mol. The van der Waals surface area contributed by atoms with Crippen LogP contribution in [0.25, 0.3) is 0 Å².